The van der Waals surface area contributed by atoms with Crippen molar-refractivity contribution in [3.8, 4) is 0 Å². The highest BCUT2D eigenvalue weighted by molar-refractivity contribution is 5.93. The predicted molar refractivity (Wildman–Crippen MR) is 160 cm³/mol. The number of nitrogens with zero attached hydrogens (tertiary/aromatic N) is 3. The number of aromatic nitrogens is 1. The number of likely N-dealkylation sites (tertiary alicyclic amines) is 2. The molecule has 11 heteroatoms. The number of aryl methyl sites for hydroxylation is 1. The van der Waals surface area contributed by atoms with Gasteiger partial charge in [-0.15, -0.1) is 0 Å². The highest BCUT2D eigenvalue weighted by atomic mass is 19.1. The van der Waals surface area contributed by atoms with Crippen LogP contribution in [0.4, 0.5) is 4.39 Å². The Balaban J connectivity index is 1.40. The van der Waals surface area contributed by atoms with Gasteiger partial charge in [-0.25, -0.2) is 4.39 Å². The number of carbonyl (C=O) groups excluding carboxylic acids is 3. The first-order valence-corrected chi connectivity index (χ1v) is 14.9. The number of amides is 3. The summed E-state index contributed by atoms with van der Waals surface area (Å²) in [6.45, 7) is 6.35. The maximum Gasteiger partial charge on any atom is 0.247 e. The first kappa shape index (κ1) is 31.3. The van der Waals surface area contributed by atoms with Gasteiger partial charge in [0, 0.05) is 31.6 Å². The molecule has 1 aromatic heterocycles. The summed E-state index contributed by atoms with van der Waals surface area (Å²) in [7, 11) is 0. The maximum absolute atomic E-state index is 14.3. The molecular weight excluding hydrogens is 565 g/mol. The number of halogens is 1. The molecule has 2 fully saturated rings. The van der Waals surface area contributed by atoms with Gasteiger partial charge in [-0.2, -0.15) is 0 Å². The summed E-state index contributed by atoms with van der Waals surface area (Å²) in [6, 6.07) is 16.5. The van der Waals surface area contributed by atoms with Crippen LogP contribution in [0.1, 0.15) is 55.2 Å². The number of benzene rings is 2. The third-order valence-electron chi connectivity index (χ3n) is 8.51. The fraction of sp³-hybridized carbons (Fsp3) is 0.455. The molecule has 2 saturated heterocycles. The first-order chi connectivity index (χ1) is 21.0. The molecule has 0 saturated carbocycles. The molecular formula is C33H40FN5O5. The van der Waals surface area contributed by atoms with Gasteiger partial charge in [0.05, 0.1) is 30.7 Å². The zero-order chi connectivity index (χ0) is 31.5. The van der Waals surface area contributed by atoms with E-state index in [-0.39, 0.29) is 49.9 Å². The van der Waals surface area contributed by atoms with E-state index in [0.29, 0.717) is 37.4 Å². The Labute approximate surface area is 256 Å². The van der Waals surface area contributed by atoms with E-state index in [1.54, 1.807) is 48.8 Å². The molecule has 0 bridgehead atoms. The Hall–Kier alpha value is -4.09. The number of ether oxygens (including phenoxy) is 1. The highest BCUT2D eigenvalue weighted by Crippen LogP contribution is 2.50. The number of rotatable bonds is 10. The molecule has 1 spiro atoms. The number of nitrogens with one attached hydrogen (secondary N) is 1. The fourth-order valence-corrected chi connectivity index (χ4v) is 6.23. The van der Waals surface area contributed by atoms with Crippen molar-refractivity contribution in [2.75, 3.05) is 26.2 Å². The molecule has 5 rings (SSSR count). The first-order valence-electron chi connectivity index (χ1n) is 14.9. The van der Waals surface area contributed by atoms with Crippen molar-refractivity contribution in [1.29, 1.82) is 0 Å². The summed E-state index contributed by atoms with van der Waals surface area (Å²) in [4.78, 5) is 44.7. The molecule has 10 nitrogen and oxygen atoms in total. The summed E-state index contributed by atoms with van der Waals surface area (Å²) in [5.74, 6) is -0.917. The van der Waals surface area contributed by atoms with Gasteiger partial charge < -0.3 is 30.1 Å². The summed E-state index contributed by atoms with van der Waals surface area (Å²) in [5, 5.41) is 6.86. The van der Waals surface area contributed by atoms with Crippen molar-refractivity contribution in [2.24, 2.45) is 11.1 Å². The van der Waals surface area contributed by atoms with E-state index in [4.69, 9.17) is 15.0 Å². The van der Waals surface area contributed by atoms with E-state index in [1.165, 1.54) is 12.1 Å². The SMILES string of the molecule is Cc1cc(CN2CC(c3ccc(F)cc3)C3(CCCN(C(=O)[C@@H](COCc4ccccc4)NC(=O)C(C)(C)N)C3)C2=O)no1. The van der Waals surface area contributed by atoms with E-state index in [0.717, 1.165) is 11.1 Å². The summed E-state index contributed by atoms with van der Waals surface area (Å²) in [5.41, 5.74) is 6.30. The second-order valence-corrected chi connectivity index (χ2v) is 12.5. The van der Waals surface area contributed by atoms with Crippen LogP contribution in [-0.2, 0) is 32.3 Å². The monoisotopic (exact) mass is 605 g/mol. The number of carbonyl (C=O) groups is 3. The zero-order valence-corrected chi connectivity index (χ0v) is 25.4. The van der Waals surface area contributed by atoms with E-state index in [9.17, 15) is 18.8 Å². The lowest BCUT2D eigenvalue weighted by molar-refractivity contribution is -0.147. The fourth-order valence-electron chi connectivity index (χ4n) is 6.23. The topological polar surface area (TPSA) is 131 Å². The lowest BCUT2D eigenvalue weighted by atomic mass is 9.69. The molecule has 3 amide bonds. The van der Waals surface area contributed by atoms with Crippen LogP contribution in [0.25, 0.3) is 0 Å². The van der Waals surface area contributed by atoms with Gasteiger partial charge in [-0.1, -0.05) is 47.6 Å². The number of hydrogen-bond acceptors (Lipinski definition) is 7. The van der Waals surface area contributed by atoms with Gasteiger partial charge in [-0.3, -0.25) is 14.4 Å². The van der Waals surface area contributed by atoms with E-state index >= 15 is 0 Å². The summed E-state index contributed by atoms with van der Waals surface area (Å²) < 4.78 is 25.0. The number of nitrogens with two attached hydrogens (primary N) is 1. The van der Waals surface area contributed by atoms with Crippen LogP contribution in [0.5, 0.6) is 0 Å². The van der Waals surface area contributed by atoms with Crippen LogP contribution in [0, 0.1) is 18.2 Å². The van der Waals surface area contributed by atoms with Gasteiger partial charge in [-0.05, 0) is 56.9 Å². The molecule has 2 aromatic carbocycles. The Morgan fingerprint density at radius 1 is 1.20 bits per heavy atom. The highest BCUT2D eigenvalue weighted by Gasteiger charge is 2.56. The maximum atomic E-state index is 14.3. The minimum atomic E-state index is -1.21. The minimum Gasteiger partial charge on any atom is -0.374 e. The van der Waals surface area contributed by atoms with Crippen LogP contribution in [0.3, 0.4) is 0 Å². The standard InChI is InChI=1S/C33H40FN5O5/c1-22-16-26(37-44-22)17-39-18-27(24-10-12-25(34)13-11-24)33(31(39)42)14-7-15-38(21-33)29(40)28(36-30(41)32(2,3)35)20-43-19-23-8-5-4-6-9-23/h4-6,8-13,16,27-28H,7,14-15,17-21,35H2,1-3H3,(H,36,41)/t27?,28-,33?/m1/s1. The largest absolute Gasteiger partial charge is 0.374 e. The van der Waals surface area contributed by atoms with Crippen LogP contribution in [-0.4, -0.2) is 70.5 Å². The Morgan fingerprint density at radius 2 is 1.93 bits per heavy atom. The van der Waals surface area contributed by atoms with Gasteiger partial charge in [0.15, 0.2) is 0 Å². The molecule has 234 valence electrons. The van der Waals surface area contributed by atoms with E-state index in [2.05, 4.69) is 10.5 Å². The predicted octanol–water partition coefficient (Wildman–Crippen LogP) is 3.30. The van der Waals surface area contributed by atoms with Crippen molar-refractivity contribution in [1.82, 2.24) is 20.3 Å². The van der Waals surface area contributed by atoms with Gasteiger partial charge in [0.25, 0.3) is 0 Å². The Kier molecular flexibility index (Phi) is 9.17. The second kappa shape index (κ2) is 12.9. The second-order valence-electron chi connectivity index (χ2n) is 12.5. The Bertz CT molecular complexity index is 1470. The van der Waals surface area contributed by atoms with Crippen LogP contribution in [0.15, 0.2) is 65.2 Å². The number of piperidine rings is 1. The molecule has 3 N–H and O–H groups in total. The molecule has 3 atom stereocenters. The molecule has 2 unspecified atom stereocenters. The van der Waals surface area contributed by atoms with Crippen LogP contribution >= 0.6 is 0 Å². The van der Waals surface area contributed by atoms with E-state index in [1.807, 2.05) is 30.3 Å². The van der Waals surface area contributed by atoms with Crippen molar-refractivity contribution < 1.29 is 28.0 Å². The molecule has 3 heterocycles. The third kappa shape index (κ3) is 6.84. The smallest absolute Gasteiger partial charge is 0.247 e. The quantitative estimate of drug-likeness (QED) is 0.363. The molecule has 0 radical (unpaired) electrons. The molecule has 3 aromatic rings. The van der Waals surface area contributed by atoms with Crippen molar-refractivity contribution in [2.45, 2.75) is 64.3 Å². The lowest BCUT2D eigenvalue weighted by Crippen LogP contribution is -2.60. The van der Waals surface area contributed by atoms with Gasteiger partial charge >= 0.3 is 0 Å². The number of hydrogen-bond donors (Lipinski definition) is 2. The molecule has 2 aliphatic heterocycles. The van der Waals surface area contributed by atoms with Crippen molar-refractivity contribution in [3.63, 3.8) is 0 Å². The zero-order valence-electron chi connectivity index (χ0n) is 25.4. The lowest BCUT2D eigenvalue weighted by Gasteiger charge is -2.43. The van der Waals surface area contributed by atoms with Gasteiger partial charge in [0.2, 0.25) is 17.7 Å². The average Bonchev–Trinajstić information content (AvgIpc) is 3.52. The van der Waals surface area contributed by atoms with Crippen LogP contribution in [0.2, 0.25) is 0 Å². The Morgan fingerprint density at radius 3 is 2.59 bits per heavy atom. The molecule has 2 aliphatic rings. The van der Waals surface area contributed by atoms with Crippen LogP contribution < -0.4 is 11.1 Å². The molecule has 0 aliphatic carbocycles. The summed E-state index contributed by atoms with van der Waals surface area (Å²) in [6.07, 6.45) is 1.14. The normalized spacial score (nSPS) is 21.1. The summed E-state index contributed by atoms with van der Waals surface area (Å²) >= 11 is 0. The van der Waals surface area contributed by atoms with Gasteiger partial charge in [0.1, 0.15) is 23.3 Å². The third-order valence-corrected chi connectivity index (χ3v) is 8.51. The average molecular weight is 606 g/mol. The van der Waals surface area contributed by atoms with E-state index < -0.39 is 22.9 Å². The minimum absolute atomic E-state index is 0.0635. The van der Waals surface area contributed by atoms with Crippen molar-refractivity contribution >= 4 is 17.7 Å². The van der Waals surface area contributed by atoms with Crippen molar-refractivity contribution in [3.05, 3.63) is 89.1 Å². The molecule has 44 heavy (non-hydrogen) atoms.